The van der Waals surface area contributed by atoms with E-state index in [9.17, 15) is 0 Å². The number of halogens is 3. The Bertz CT molecular complexity index is 325. The molecule has 2 rings (SSSR count). The summed E-state index contributed by atoms with van der Waals surface area (Å²) in [5.41, 5.74) is 1.01. The Morgan fingerprint density at radius 1 is 1.17 bits per heavy atom. The zero-order chi connectivity index (χ0) is 8.72. The first-order valence-corrected chi connectivity index (χ1v) is 5.12. The van der Waals surface area contributed by atoms with Crippen LogP contribution in [-0.4, -0.2) is 10.2 Å². The zero-order valence-electron chi connectivity index (χ0n) is 6.02. The lowest BCUT2D eigenvalue weighted by molar-refractivity contribution is 0.967. The standard InChI is InChI=1S/C7H5BrCl2N2/c8-5-4(3-1-2-3)6(9)11-12-7(5)10/h3H,1-2H2. The normalized spacial score (nSPS) is 16.6. The summed E-state index contributed by atoms with van der Waals surface area (Å²) in [4.78, 5) is 0. The Morgan fingerprint density at radius 3 is 2.33 bits per heavy atom. The average Bonchev–Trinajstić information content (AvgIpc) is 2.81. The van der Waals surface area contributed by atoms with E-state index in [0.717, 1.165) is 10.0 Å². The van der Waals surface area contributed by atoms with Gasteiger partial charge in [0.15, 0.2) is 10.3 Å². The largest absolute Gasteiger partial charge is 0.166 e. The van der Waals surface area contributed by atoms with Crippen LogP contribution in [0.5, 0.6) is 0 Å². The third-order valence-electron chi connectivity index (χ3n) is 1.85. The molecule has 0 unspecified atom stereocenters. The number of nitrogens with zero attached hydrogens (tertiary/aromatic N) is 2. The molecule has 0 aromatic carbocycles. The lowest BCUT2D eigenvalue weighted by atomic mass is 10.2. The molecule has 1 saturated carbocycles. The molecule has 0 N–H and O–H groups in total. The summed E-state index contributed by atoms with van der Waals surface area (Å²) < 4.78 is 0.798. The summed E-state index contributed by atoms with van der Waals surface area (Å²) in [6.45, 7) is 0. The fourth-order valence-electron chi connectivity index (χ4n) is 1.11. The van der Waals surface area contributed by atoms with Crippen molar-refractivity contribution in [2.24, 2.45) is 0 Å². The molecule has 0 spiro atoms. The van der Waals surface area contributed by atoms with E-state index in [4.69, 9.17) is 23.2 Å². The maximum Gasteiger partial charge on any atom is 0.166 e. The molecule has 1 aromatic rings. The first-order chi connectivity index (χ1) is 5.70. The summed E-state index contributed by atoms with van der Waals surface area (Å²) in [7, 11) is 0. The van der Waals surface area contributed by atoms with Crippen molar-refractivity contribution in [3.8, 4) is 0 Å². The molecule has 1 aliphatic rings. The third-order valence-corrected chi connectivity index (χ3v) is 3.43. The highest BCUT2D eigenvalue weighted by atomic mass is 79.9. The minimum absolute atomic E-state index is 0.390. The Kier molecular flexibility index (Phi) is 2.27. The fourth-order valence-corrected chi connectivity index (χ4v) is 2.24. The maximum absolute atomic E-state index is 5.87. The lowest BCUT2D eigenvalue weighted by Gasteiger charge is -2.03. The zero-order valence-corrected chi connectivity index (χ0v) is 9.12. The van der Waals surface area contributed by atoms with Crippen molar-refractivity contribution in [2.45, 2.75) is 18.8 Å². The lowest BCUT2D eigenvalue weighted by Crippen LogP contribution is -1.92. The van der Waals surface area contributed by atoms with Gasteiger partial charge in [-0.05, 0) is 34.7 Å². The molecule has 1 aromatic heterocycles. The first-order valence-electron chi connectivity index (χ1n) is 3.57. The molecule has 0 atom stereocenters. The van der Waals surface area contributed by atoms with Gasteiger partial charge >= 0.3 is 0 Å². The molecule has 0 bridgehead atoms. The van der Waals surface area contributed by atoms with E-state index >= 15 is 0 Å². The number of aromatic nitrogens is 2. The molecular weight excluding hydrogens is 263 g/mol. The maximum atomic E-state index is 5.87. The average molecular weight is 268 g/mol. The van der Waals surface area contributed by atoms with Gasteiger partial charge in [-0.25, -0.2) is 0 Å². The summed E-state index contributed by atoms with van der Waals surface area (Å²) in [5.74, 6) is 0.528. The highest BCUT2D eigenvalue weighted by molar-refractivity contribution is 9.10. The molecule has 1 heterocycles. The molecule has 0 aliphatic heterocycles. The Morgan fingerprint density at radius 2 is 1.75 bits per heavy atom. The molecule has 12 heavy (non-hydrogen) atoms. The van der Waals surface area contributed by atoms with E-state index in [1.165, 1.54) is 12.8 Å². The second-order valence-corrected chi connectivity index (χ2v) is 4.29. The van der Waals surface area contributed by atoms with Crippen LogP contribution in [0, 0.1) is 0 Å². The molecule has 0 saturated heterocycles. The molecule has 2 nitrogen and oxygen atoms in total. The Labute approximate surface area is 88.4 Å². The van der Waals surface area contributed by atoms with Gasteiger partial charge in [0.2, 0.25) is 0 Å². The van der Waals surface area contributed by atoms with Crippen molar-refractivity contribution in [1.29, 1.82) is 0 Å². The van der Waals surface area contributed by atoms with Gasteiger partial charge in [-0.3, -0.25) is 0 Å². The van der Waals surface area contributed by atoms with Crippen molar-refractivity contribution in [2.75, 3.05) is 0 Å². The van der Waals surface area contributed by atoms with Crippen molar-refractivity contribution >= 4 is 39.1 Å². The molecule has 0 amide bonds. The van der Waals surface area contributed by atoms with Crippen LogP contribution in [0.25, 0.3) is 0 Å². The topological polar surface area (TPSA) is 25.8 Å². The van der Waals surface area contributed by atoms with Crippen LogP contribution in [0.4, 0.5) is 0 Å². The second-order valence-electron chi connectivity index (χ2n) is 2.78. The fraction of sp³-hybridized carbons (Fsp3) is 0.429. The predicted octanol–water partition coefficient (Wildman–Crippen LogP) is 3.42. The van der Waals surface area contributed by atoms with Crippen LogP contribution in [-0.2, 0) is 0 Å². The van der Waals surface area contributed by atoms with Gasteiger partial charge in [0, 0.05) is 5.56 Å². The summed E-state index contributed by atoms with van der Waals surface area (Å²) >= 11 is 15.0. The van der Waals surface area contributed by atoms with Gasteiger partial charge in [0.1, 0.15) is 0 Å². The molecule has 1 fully saturated rings. The number of hydrogen-bond donors (Lipinski definition) is 0. The monoisotopic (exact) mass is 266 g/mol. The molecule has 0 radical (unpaired) electrons. The van der Waals surface area contributed by atoms with Crippen LogP contribution < -0.4 is 0 Å². The van der Waals surface area contributed by atoms with Gasteiger partial charge in [0.05, 0.1) is 4.47 Å². The van der Waals surface area contributed by atoms with Crippen molar-refractivity contribution in [1.82, 2.24) is 10.2 Å². The quantitative estimate of drug-likeness (QED) is 0.779. The van der Waals surface area contributed by atoms with E-state index in [1.54, 1.807) is 0 Å². The minimum Gasteiger partial charge on any atom is -0.137 e. The molecule has 5 heteroatoms. The summed E-state index contributed by atoms with van der Waals surface area (Å²) in [5, 5.41) is 8.30. The van der Waals surface area contributed by atoms with E-state index in [2.05, 4.69) is 26.1 Å². The van der Waals surface area contributed by atoms with Crippen molar-refractivity contribution in [3.63, 3.8) is 0 Å². The van der Waals surface area contributed by atoms with E-state index in [0.29, 0.717) is 16.2 Å². The number of hydrogen-bond acceptors (Lipinski definition) is 2. The smallest absolute Gasteiger partial charge is 0.137 e. The van der Waals surface area contributed by atoms with Crippen LogP contribution in [0.2, 0.25) is 10.3 Å². The second kappa shape index (κ2) is 3.13. The van der Waals surface area contributed by atoms with Crippen LogP contribution in [0.3, 0.4) is 0 Å². The SMILES string of the molecule is Clc1nnc(Cl)c(C2CC2)c1Br. The van der Waals surface area contributed by atoms with Crippen molar-refractivity contribution < 1.29 is 0 Å². The number of rotatable bonds is 1. The van der Waals surface area contributed by atoms with E-state index < -0.39 is 0 Å². The van der Waals surface area contributed by atoms with Crippen LogP contribution in [0.15, 0.2) is 4.47 Å². The summed E-state index contributed by atoms with van der Waals surface area (Å²) in [6.07, 6.45) is 2.33. The van der Waals surface area contributed by atoms with Crippen LogP contribution >= 0.6 is 39.1 Å². The highest BCUT2D eigenvalue weighted by Gasteiger charge is 2.29. The van der Waals surface area contributed by atoms with Gasteiger partial charge in [0.25, 0.3) is 0 Å². The molecule has 1 aliphatic carbocycles. The highest BCUT2D eigenvalue weighted by Crippen LogP contribution is 2.46. The van der Waals surface area contributed by atoms with Gasteiger partial charge in [-0.2, -0.15) is 0 Å². The summed E-state index contributed by atoms with van der Waals surface area (Å²) in [6, 6.07) is 0. The van der Waals surface area contributed by atoms with E-state index in [1.807, 2.05) is 0 Å². The van der Waals surface area contributed by atoms with Gasteiger partial charge in [-0.1, -0.05) is 23.2 Å². The predicted molar refractivity (Wildman–Crippen MR) is 51.7 cm³/mol. The van der Waals surface area contributed by atoms with Crippen molar-refractivity contribution in [3.05, 3.63) is 20.3 Å². The van der Waals surface area contributed by atoms with E-state index in [-0.39, 0.29) is 0 Å². The molecule has 64 valence electrons. The Hall–Kier alpha value is 0.140. The van der Waals surface area contributed by atoms with Gasteiger partial charge < -0.3 is 0 Å². The Balaban J connectivity index is 2.55. The molecular formula is C7H5BrCl2N2. The first kappa shape index (κ1) is 8.73. The van der Waals surface area contributed by atoms with Gasteiger partial charge in [-0.15, -0.1) is 10.2 Å². The van der Waals surface area contributed by atoms with Crippen LogP contribution in [0.1, 0.15) is 24.3 Å². The third kappa shape index (κ3) is 1.45. The minimum atomic E-state index is 0.390.